The van der Waals surface area contributed by atoms with Crippen molar-refractivity contribution in [3.05, 3.63) is 12.2 Å². The molecule has 0 saturated heterocycles. The SMILES string of the molecule is C.C.C.C.C.C.C=C(C)C(=O)OCCNC(=O)OC(C)CC(CC(O)CC)OC(C)=O.CCCCCCCCCCCCCCCC[N+](C)(C)C.[Cl-]. The molecule has 3 unspecified atom stereocenters. The van der Waals surface area contributed by atoms with E-state index in [0.717, 1.165) is 4.48 Å². The number of esters is 2. The first-order chi connectivity index (χ1) is 21.2. The summed E-state index contributed by atoms with van der Waals surface area (Å²) in [5.74, 6) is -0.980. The number of ether oxygens (including phenoxy) is 3. The quantitative estimate of drug-likeness (QED) is 0.0298. The molecule has 3 atom stereocenters. The van der Waals surface area contributed by atoms with Crippen molar-refractivity contribution in [1.82, 2.24) is 5.32 Å². The molecule has 1 amide bonds. The summed E-state index contributed by atoms with van der Waals surface area (Å²) >= 11 is 0. The van der Waals surface area contributed by atoms with Crippen molar-refractivity contribution in [3.63, 3.8) is 0 Å². The minimum Gasteiger partial charge on any atom is -1.00 e. The Labute approximate surface area is 332 Å². The predicted molar refractivity (Wildman–Crippen MR) is 224 cm³/mol. The Morgan fingerprint density at radius 1 is 0.712 bits per heavy atom. The summed E-state index contributed by atoms with van der Waals surface area (Å²) in [6.45, 7) is 13.5. The van der Waals surface area contributed by atoms with Gasteiger partial charge in [0.05, 0.1) is 40.3 Å². The molecule has 0 aromatic carbocycles. The molecule has 0 saturated carbocycles. The van der Waals surface area contributed by atoms with Crippen LogP contribution in [-0.2, 0) is 23.8 Å². The van der Waals surface area contributed by atoms with Gasteiger partial charge in [-0.05, 0) is 33.1 Å². The van der Waals surface area contributed by atoms with E-state index in [4.69, 9.17) is 14.2 Å². The summed E-state index contributed by atoms with van der Waals surface area (Å²) in [6.07, 6.45) is 19.1. The van der Waals surface area contributed by atoms with E-state index in [1.165, 1.54) is 110 Å². The van der Waals surface area contributed by atoms with Gasteiger partial charge in [0.25, 0.3) is 0 Å². The van der Waals surface area contributed by atoms with Crippen LogP contribution in [-0.4, -0.2) is 86.8 Å². The monoisotopic (exact) mass is 775 g/mol. The second kappa shape index (κ2) is 47.2. The van der Waals surface area contributed by atoms with E-state index in [1.54, 1.807) is 6.92 Å². The summed E-state index contributed by atoms with van der Waals surface area (Å²) in [5.41, 5.74) is 0.280. The van der Waals surface area contributed by atoms with E-state index >= 15 is 0 Å². The zero-order valence-electron chi connectivity index (χ0n) is 30.8. The smallest absolute Gasteiger partial charge is 0.407 e. The van der Waals surface area contributed by atoms with E-state index in [9.17, 15) is 19.5 Å². The maximum absolute atomic E-state index is 11.7. The highest BCUT2D eigenvalue weighted by atomic mass is 35.5. The van der Waals surface area contributed by atoms with Crippen LogP contribution in [0.3, 0.4) is 0 Å². The highest BCUT2D eigenvalue weighted by Crippen LogP contribution is 2.15. The molecule has 0 aliphatic heterocycles. The lowest BCUT2D eigenvalue weighted by atomic mass is 10.0. The van der Waals surface area contributed by atoms with Crippen molar-refractivity contribution in [2.45, 2.75) is 207 Å². The highest BCUT2D eigenvalue weighted by Gasteiger charge is 2.21. The van der Waals surface area contributed by atoms with Gasteiger partial charge >= 0.3 is 18.0 Å². The van der Waals surface area contributed by atoms with Crippen molar-refractivity contribution in [2.24, 2.45) is 0 Å². The van der Waals surface area contributed by atoms with Gasteiger partial charge in [0, 0.05) is 25.3 Å². The third kappa shape index (κ3) is 54.9. The Morgan fingerprint density at radius 3 is 1.50 bits per heavy atom. The molecule has 0 rings (SSSR count). The first kappa shape index (κ1) is 71.6. The fourth-order valence-corrected chi connectivity index (χ4v) is 4.74. The van der Waals surface area contributed by atoms with Crippen LogP contribution in [0.25, 0.3) is 0 Å². The fourth-order valence-electron chi connectivity index (χ4n) is 4.74. The van der Waals surface area contributed by atoms with Gasteiger partial charge in [-0.3, -0.25) is 4.79 Å². The number of hydrogen-bond acceptors (Lipinski definition) is 7. The van der Waals surface area contributed by atoms with Crippen LogP contribution in [0, 0.1) is 0 Å². The number of unbranched alkanes of at least 4 members (excludes halogenated alkanes) is 13. The molecule has 9 nitrogen and oxygen atoms in total. The number of alkyl carbamates (subject to hydrolysis) is 1. The van der Waals surface area contributed by atoms with Gasteiger partial charge in [-0.25, -0.2) is 9.59 Å². The van der Waals surface area contributed by atoms with E-state index in [2.05, 4.69) is 40.0 Å². The molecule has 322 valence electrons. The van der Waals surface area contributed by atoms with Crippen LogP contribution in [0.15, 0.2) is 12.2 Å². The second-order valence-corrected chi connectivity index (χ2v) is 13.4. The number of rotatable bonds is 26. The van der Waals surface area contributed by atoms with Gasteiger partial charge < -0.3 is 41.5 Å². The average molecular weight is 776 g/mol. The molecular weight excluding hydrogens is 680 g/mol. The van der Waals surface area contributed by atoms with Crippen LogP contribution in [0.1, 0.15) is 188 Å². The Hall–Kier alpha value is -1.84. The number of aliphatic hydroxyl groups is 1. The van der Waals surface area contributed by atoms with Crippen LogP contribution < -0.4 is 17.7 Å². The third-order valence-corrected chi connectivity index (χ3v) is 7.38. The zero-order chi connectivity index (χ0) is 34.5. The largest absolute Gasteiger partial charge is 1.00 e. The normalized spacial score (nSPS) is 11.3. The van der Waals surface area contributed by atoms with Crippen molar-refractivity contribution in [2.75, 3.05) is 40.8 Å². The number of amides is 1. The number of carbonyl (C=O) groups is 3. The maximum atomic E-state index is 11.7. The molecule has 0 bridgehead atoms. The molecule has 0 fully saturated rings. The van der Waals surface area contributed by atoms with Gasteiger partial charge in [-0.2, -0.15) is 0 Å². The number of quaternary nitrogens is 1. The Bertz CT molecular complexity index is 776. The minimum atomic E-state index is -0.670. The van der Waals surface area contributed by atoms with Crippen molar-refractivity contribution in [1.29, 1.82) is 0 Å². The van der Waals surface area contributed by atoms with E-state index in [0.29, 0.717) is 6.42 Å². The fraction of sp³-hybridized carbons (Fsp3) is 0.881. The Kier molecular flexibility index (Phi) is 64.9. The third-order valence-electron chi connectivity index (χ3n) is 7.38. The second-order valence-electron chi connectivity index (χ2n) is 13.4. The molecule has 0 aliphatic rings. The first-order valence-corrected chi connectivity index (χ1v) is 17.6. The number of aliphatic hydroxyl groups excluding tert-OH is 1. The zero-order valence-corrected chi connectivity index (χ0v) is 31.6. The molecule has 0 aromatic heterocycles. The van der Waals surface area contributed by atoms with Crippen LogP contribution in [0.5, 0.6) is 0 Å². The molecule has 0 spiro atoms. The Morgan fingerprint density at radius 2 is 1.13 bits per heavy atom. The topological polar surface area (TPSA) is 111 Å². The summed E-state index contributed by atoms with van der Waals surface area (Å²) in [4.78, 5) is 34.0. The molecule has 0 heterocycles. The van der Waals surface area contributed by atoms with Crippen LogP contribution in [0.2, 0.25) is 0 Å². The average Bonchev–Trinajstić information content (AvgIpc) is 2.94. The Balaban J connectivity index is -0.0000000911. The van der Waals surface area contributed by atoms with Crippen molar-refractivity contribution in [3.8, 4) is 0 Å². The molecule has 0 aliphatic carbocycles. The van der Waals surface area contributed by atoms with E-state index < -0.39 is 36.3 Å². The summed E-state index contributed by atoms with van der Waals surface area (Å²) in [5, 5.41) is 12.2. The molecule has 0 radical (unpaired) electrons. The van der Waals surface area contributed by atoms with Gasteiger partial charge in [0.2, 0.25) is 0 Å². The van der Waals surface area contributed by atoms with Gasteiger partial charge in [-0.1, -0.05) is 142 Å². The van der Waals surface area contributed by atoms with E-state index in [1.807, 2.05) is 6.92 Å². The standard InChI is InChI=1S/C19H42N.C17H29NO7.6CH4.ClH/c1-5-6-7-8-9-10-11-12-13-14-15-16-17-18-19-20(2,3)4;1-6-14(20)10-15(25-13(5)19)9-12(4)24-17(22)18-7-8-23-16(21)11(2)3;;;;;;;/h5-19H2,1-4H3;12,14-15,20H,2,6-10H2,1,3-5H3,(H,18,22);6*1H4;1H/q+1;;;;;;;;/p-1. The maximum Gasteiger partial charge on any atom is 0.407 e. The number of halogens is 1. The summed E-state index contributed by atoms with van der Waals surface area (Å²) < 4.78 is 16.2. The minimum absolute atomic E-state index is 0. The lowest BCUT2D eigenvalue weighted by Crippen LogP contribution is -3.00. The van der Waals surface area contributed by atoms with Crippen molar-refractivity contribution < 1.29 is 50.6 Å². The van der Waals surface area contributed by atoms with Crippen LogP contribution in [0.4, 0.5) is 4.79 Å². The molecule has 2 N–H and O–H groups in total. The summed E-state index contributed by atoms with van der Waals surface area (Å²) in [7, 11) is 6.88. The predicted octanol–water partition coefficient (Wildman–Crippen LogP) is 8.70. The molecule has 0 aromatic rings. The van der Waals surface area contributed by atoms with Gasteiger partial charge in [-0.15, -0.1) is 0 Å². The first-order valence-electron chi connectivity index (χ1n) is 17.6. The molecular formula is C42H95ClN2O7. The number of hydrogen-bond donors (Lipinski definition) is 2. The number of carbonyl (C=O) groups excluding carboxylic acids is 3. The molecule has 52 heavy (non-hydrogen) atoms. The highest BCUT2D eigenvalue weighted by molar-refractivity contribution is 5.86. The lowest BCUT2D eigenvalue weighted by Gasteiger charge is -2.23. The van der Waals surface area contributed by atoms with Crippen LogP contribution >= 0.6 is 0 Å². The lowest BCUT2D eigenvalue weighted by molar-refractivity contribution is -0.870. The van der Waals surface area contributed by atoms with Gasteiger partial charge in [0.1, 0.15) is 18.8 Å². The van der Waals surface area contributed by atoms with Gasteiger partial charge in [0.15, 0.2) is 0 Å². The van der Waals surface area contributed by atoms with E-state index in [-0.39, 0.29) is 88.5 Å². The molecule has 10 heteroatoms. The number of nitrogens with zero attached hydrogens (tertiary/aromatic N) is 1. The number of nitrogens with one attached hydrogen (secondary N) is 1. The van der Waals surface area contributed by atoms with Crippen molar-refractivity contribution >= 4 is 18.0 Å². The summed E-state index contributed by atoms with van der Waals surface area (Å²) in [6, 6.07) is 0.